The molecule has 0 spiro atoms. The fourth-order valence-electron chi connectivity index (χ4n) is 2.00. The lowest BCUT2D eigenvalue weighted by Gasteiger charge is -2.22. The van der Waals surface area contributed by atoms with Crippen molar-refractivity contribution in [3.8, 4) is 6.01 Å². The van der Waals surface area contributed by atoms with Crippen LogP contribution in [-0.4, -0.2) is 23.6 Å². The third-order valence-corrected chi connectivity index (χ3v) is 3.53. The van der Waals surface area contributed by atoms with Crippen molar-refractivity contribution in [3.05, 3.63) is 41.0 Å². The molecule has 0 saturated heterocycles. The molecular formula is C16H17ClF3N3O. The molecule has 0 radical (unpaired) electrons. The van der Waals surface area contributed by atoms with E-state index in [0.29, 0.717) is 17.3 Å². The van der Waals surface area contributed by atoms with Gasteiger partial charge in [-0.25, -0.2) is 4.98 Å². The van der Waals surface area contributed by atoms with E-state index < -0.39 is 11.7 Å². The van der Waals surface area contributed by atoms with Crippen molar-refractivity contribution in [2.24, 2.45) is 0 Å². The zero-order valence-corrected chi connectivity index (χ0v) is 14.0. The molecule has 1 aromatic carbocycles. The number of alkyl halides is 3. The van der Waals surface area contributed by atoms with Crippen LogP contribution in [0.4, 0.5) is 24.7 Å². The minimum absolute atomic E-state index is 0.0830. The molecule has 24 heavy (non-hydrogen) atoms. The highest BCUT2D eigenvalue weighted by Crippen LogP contribution is 2.38. The normalized spacial score (nSPS) is 11.4. The van der Waals surface area contributed by atoms with Gasteiger partial charge in [-0.15, -0.1) is 0 Å². The van der Waals surface area contributed by atoms with Crippen LogP contribution in [-0.2, 0) is 6.18 Å². The highest BCUT2D eigenvalue weighted by Gasteiger charge is 2.36. The van der Waals surface area contributed by atoms with Crippen LogP contribution in [0, 0.1) is 0 Å². The molecule has 0 bridgehead atoms. The predicted octanol–water partition coefficient (Wildman–Crippen LogP) is 5.10. The Hall–Kier alpha value is -2.02. The van der Waals surface area contributed by atoms with Crippen LogP contribution in [0.25, 0.3) is 0 Å². The van der Waals surface area contributed by atoms with Gasteiger partial charge in [-0.2, -0.15) is 18.2 Å². The van der Waals surface area contributed by atoms with Gasteiger partial charge in [0, 0.05) is 24.0 Å². The summed E-state index contributed by atoms with van der Waals surface area (Å²) < 4.78 is 45.1. The summed E-state index contributed by atoms with van der Waals surface area (Å²) in [7, 11) is 1.49. The summed E-state index contributed by atoms with van der Waals surface area (Å²) >= 11 is 5.92. The van der Waals surface area contributed by atoms with E-state index in [0.717, 1.165) is 19.0 Å². The molecule has 2 rings (SSSR count). The van der Waals surface area contributed by atoms with Gasteiger partial charge < -0.3 is 9.64 Å². The van der Waals surface area contributed by atoms with Gasteiger partial charge in [0.2, 0.25) is 0 Å². The van der Waals surface area contributed by atoms with E-state index in [9.17, 15) is 13.2 Å². The van der Waals surface area contributed by atoms with E-state index >= 15 is 0 Å². The maximum atomic E-state index is 13.3. The first-order chi connectivity index (χ1) is 11.3. The Morgan fingerprint density at radius 1 is 1.29 bits per heavy atom. The summed E-state index contributed by atoms with van der Waals surface area (Å²) in [5, 5.41) is 0.418. The molecule has 0 saturated carbocycles. The molecule has 0 amide bonds. The van der Waals surface area contributed by atoms with Crippen molar-refractivity contribution < 1.29 is 17.9 Å². The van der Waals surface area contributed by atoms with Crippen LogP contribution in [0.2, 0.25) is 5.02 Å². The topological polar surface area (TPSA) is 38.2 Å². The van der Waals surface area contributed by atoms with Gasteiger partial charge in [-0.1, -0.05) is 31.0 Å². The summed E-state index contributed by atoms with van der Waals surface area (Å²) in [6, 6.07) is 6.41. The van der Waals surface area contributed by atoms with Crippen LogP contribution in [0.5, 0.6) is 6.01 Å². The van der Waals surface area contributed by atoms with Gasteiger partial charge in [-0.05, 0) is 24.6 Å². The number of hydrogen-bond donors (Lipinski definition) is 0. The Balaban J connectivity index is 2.41. The Bertz CT molecular complexity index is 695. The zero-order valence-electron chi connectivity index (χ0n) is 13.3. The van der Waals surface area contributed by atoms with Gasteiger partial charge >= 0.3 is 12.2 Å². The lowest BCUT2D eigenvalue weighted by Crippen LogP contribution is -2.19. The van der Waals surface area contributed by atoms with Crippen LogP contribution in [0.1, 0.15) is 25.3 Å². The second kappa shape index (κ2) is 7.70. The molecule has 2 aromatic rings. The highest BCUT2D eigenvalue weighted by molar-refractivity contribution is 6.30. The Morgan fingerprint density at radius 2 is 2.04 bits per heavy atom. The standard InChI is InChI=1S/C16H17ClF3N3O/c1-3-4-8-24-15-21-10-13(16(18,19)20)14(22-15)23(2)12-7-5-6-11(17)9-12/h5-7,9-10H,3-4,8H2,1-2H3. The van der Waals surface area contributed by atoms with E-state index in [4.69, 9.17) is 16.3 Å². The molecule has 1 heterocycles. The van der Waals surface area contributed by atoms with Gasteiger partial charge in [0.15, 0.2) is 5.82 Å². The Labute approximate surface area is 143 Å². The quantitative estimate of drug-likeness (QED) is 0.673. The average Bonchev–Trinajstić information content (AvgIpc) is 2.53. The van der Waals surface area contributed by atoms with Crippen LogP contribution < -0.4 is 9.64 Å². The molecular weight excluding hydrogens is 343 g/mol. The molecule has 0 fully saturated rings. The molecule has 0 aliphatic heterocycles. The molecule has 0 aliphatic carbocycles. The van der Waals surface area contributed by atoms with E-state index in [1.54, 1.807) is 24.3 Å². The number of hydrogen-bond acceptors (Lipinski definition) is 4. The van der Waals surface area contributed by atoms with Crippen molar-refractivity contribution in [1.29, 1.82) is 0 Å². The van der Waals surface area contributed by atoms with Crippen LogP contribution >= 0.6 is 11.6 Å². The van der Waals surface area contributed by atoms with Crippen LogP contribution in [0.3, 0.4) is 0 Å². The number of anilines is 2. The summed E-state index contributed by atoms with van der Waals surface area (Å²) in [5.74, 6) is -0.286. The summed E-state index contributed by atoms with van der Waals surface area (Å²) in [6.45, 7) is 2.33. The van der Waals surface area contributed by atoms with Crippen molar-refractivity contribution in [3.63, 3.8) is 0 Å². The number of benzene rings is 1. The van der Waals surface area contributed by atoms with E-state index in [-0.39, 0.29) is 11.8 Å². The van der Waals surface area contributed by atoms with Gasteiger partial charge in [0.05, 0.1) is 6.61 Å². The molecule has 0 unspecified atom stereocenters. The third kappa shape index (κ3) is 4.50. The minimum atomic E-state index is -4.58. The lowest BCUT2D eigenvalue weighted by molar-refractivity contribution is -0.137. The molecule has 1 aromatic heterocycles. The monoisotopic (exact) mass is 359 g/mol. The SMILES string of the molecule is CCCCOc1ncc(C(F)(F)F)c(N(C)c2cccc(Cl)c2)n1. The largest absolute Gasteiger partial charge is 0.463 e. The number of nitrogens with zero attached hydrogens (tertiary/aromatic N) is 3. The van der Waals surface area contributed by atoms with E-state index in [2.05, 4.69) is 9.97 Å². The average molecular weight is 360 g/mol. The van der Waals surface area contributed by atoms with Gasteiger partial charge in [-0.3, -0.25) is 0 Å². The number of halogens is 4. The number of unbranched alkanes of at least 4 members (excludes halogenated alkanes) is 1. The number of rotatable bonds is 6. The van der Waals surface area contributed by atoms with Crippen molar-refractivity contribution in [2.45, 2.75) is 25.9 Å². The summed E-state index contributed by atoms with van der Waals surface area (Å²) in [4.78, 5) is 8.92. The first-order valence-corrected chi connectivity index (χ1v) is 7.77. The molecule has 8 heteroatoms. The predicted molar refractivity (Wildman–Crippen MR) is 87.0 cm³/mol. The molecule has 0 atom stereocenters. The molecule has 0 N–H and O–H groups in total. The molecule has 0 aliphatic rings. The van der Waals surface area contributed by atoms with Crippen LogP contribution in [0.15, 0.2) is 30.5 Å². The lowest BCUT2D eigenvalue weighted by atomic mass is 10.2. The van der Waals surface area contributed by atoms with Gasteiger partial charge in [0.1, 0.15) is 5.56 Å². The first-order valence-electron chi connectivity index (χ1n) is 7.39. The zero-order chi connectivity index (χ0) is 17.7. The van der Waals surface area contributed by atoms with Crippen molar-refractivity contribution in [1.82, 2.24) is 9.97 Å². The smallest absolute Gasteiger partial charge is 0.421 e. The third-order valence-electron chi connectivity index (χ3n) is 3.29. The molecule has 130 valence electrons. The minimum Gasteiger partial charge on any atom is -0.463 e. The van der Waals surface area contributed by atoms with E-state index in [1.807, 2.05) is 6.92 Å². The number of aromatic nitrogens is 2. The highest BCUT2D eigenvalue weighted by atomic mass is 35.5. The summed E-state index contributed by atoms with van der Waals surface area (Å²) in [6.07, 6.45) is -2.17. The first kappa shape index (κ1) is 18.3. The maximum absolute atomic E-state index is 13.3. The second-order valence-electron chi connectivity index (χ2n) is 5.13. The fraction of sp³-hybridized carbons (Fsp3) is 0.375. The van der Waals surface area contributed by atoms with Crippen molar-refractivity contribution >= 4 is 23.1 Å². The van der Waals surface area contributed by atoms with Gasteiger partial charge in [0.25, 0.3) is 0 Å². The van der Waals surface area contributed by atoms with Crippen molar-refractivity contribution in [2.75, 3.05) is 18.6 Å². The Kier molecular flexibility index (Phi) is 5.88. The van der Waals surface area contributed by atoms with E-state index in [1.165, 1.54) is 11.9 Å². The molecule has 4 nitrogen and oxygen atoms in total. The number of ether oxygens (including phenoxy) is 1. The Morgan fingerprint density at radius 3 is 2.67 bits per heavy atom. The second-order valence-corrected chi connectivity index (χ2v) is 5.56. The maximum Gasteiger partial charge on any atom is 0.421 e. The fourth-order valence-corrected chi connectivity index (χ4v) is 2.18. The summed E-state index contributed by atoms with van der Waals surface area (Å²) in [5.41, 5.74) is -0.459.